The van der Waals surface area contributed by atoms with Gasteiger partial charge in [0, 0.05) is 26.2 Å². The van der Waals surface area contributed by atoms with Crippen LogP contribution in [0.4, 0.5) is 4.79 Å². The van der Waals surface area contributed by atoms with Crippen LogP contribution in [0, 0.1) is 5.92 Å². The Morgan fingerprint density at radius 2 is 1.94 bits per heavy atom. The predicted molar refractivity (Wildman–Crippen MR) is 64.3 cm³/mol. The van der Waals surface area contributed by atoms with Gasteiger partial charge in [-0.2, -0.15) is 0 Å². The first-order chi connectivity index (χ1) is 8.00. The van der Waals surface area contributed by atoms with E-state index in [-0.39, 0.29) is 11.9 Å². The molecule has 1 rings (SSSR count). The van der Waals surface area contributed by atoms with E-state index in [1.54, 1.807) is 4.90 Å². The van der Waals surface area contributed by atoms with Crippen molar-refractivity contribution in [3.05, 3.63) is 0 Å². The van der Waals surface area contributed by atoms with Gasteiger partial charge < -0.3 is 15.5 Å². The van der Waals surface area contributed by atoms with E-state index in [4.69, 9.17) is 5.73 Å². The summed E-state index contributed by atoms with van der Waals surface area (Å²) in [6, 6.07) is -0.921. The molecule has 1 radical (unpaired) electrons. The molecule has 0 aliphatic carbocycles. The van der Waals surface area contributed by atoms with Crippen LogP contribution in [0.25, 0.3) is 0 Å². The Kier molecular flexibility index (Phi) is 5.21. The SMILES string of the molecule is CC(C)C[C@H](NC(=O)N1CCNCC1)C([NH])=O. The van der Waals surface area contributed by atoms with Crippen molar-refractivity contribution in [3.63, 3.8) is 0 Å². The van der Waals surface area contributed by atoms with E-state index < -0.39 is 11.9 Å². The van der Waals surface area contributed by atoms with Gasteiger partial charge in [-0.1, -0.05) is 13.8 Å². The van der Waals surface area contributed by atoms with E-state index in [2.05, 4.69) is 10.6 Å². The molecule has 6 nitrogen and oxygen atoms in total. The summed E-state index contributed by atoms with van der Waals surface area (Å²) in [5, 5.41) is 5.79. The lowest BCUT2D eigenvalue weighted by molar-refractivity contribution is -0.120. The second-order valence-corrected chi connectivity index (χ2v) is 4.73. The zero-order valence-corrected chi connectivity index (χ0v) is 10.5. The minimum atomic E-state index is -0.720. The third-order valence-electron chi connectivity index (χ3n) is 2.73. The summed E-state index contributed by atoms with van der Waals surface area (Å²) >= 11 is 0. The number of nitrogens with one attached hydrogen (secondary N) is 3. The van der Waals surface area contributed by atoms with E-state index in [9.17, 15) is 9.59 Å². The van der Waals surface area contributed by atoms with Gasteiger partial charge in [0.1, 0.15) is 6.04 Å². The van der Waals surface area contributed by atoms with E-state index in [1.165, 1.54) is 0 Å². The summed E-state index contributed by atoms with van der Waals surface area (Å²) < 4.78 is 0. The van der Waals surface area contributed by atoms with Gasteiger partial charge in [-0.25, -0.2) is 4.79 Å². The zero-order valence-electron chi connectivity index (χ0n) is 10.5. The molecule has 0 aromatic rings. The van der Waals surface area contributed by atoms with Crippen molar-refractivity contribution in [3.8, 4) is 0 Å². The molecule has 1 heterocycles. The topological polar surface area (TPSA) is 85.2 Å². The third-order valence-corrected chi connectivity index (χ3v) is 2.73. The molecule has 0 aromatic carbocycles. The first kappa shape index (κ1) is 13.8. The zero-order chi connectivity index (χ0) is 12.8. The van der Waals surface area contributed by atoms with Crippen LogP contribution in [-0.2, 0) is 4.79 Å². The first-order valence-electron chi connectivity index (χ1n) is 6.02. The number of amides is 3. The Hall–Kier alpha value is -1.30. The highest BCUT2D eigenvalue weighted by Gasteiger charge is 2.23. The van der Waals surface area contributed by atoms with Crippen LogP contribution >= 0.6 is 0 Å². The molecule has 17 heavy (non-hydrogen) atoms. The first-order valence-corrected chi connectivity index (χ1v) is 6.02. The van der Waals surface area contributed by atoms with Crippen molar-refractivity contribution < 1.29 is 9.59 Å². The van der Waals surface area contributed by atoms with Crippen LogP contribution in [-0.4, -0.2) is 49.1 Å². The molecule has 1 aliphatic rings. The lowest BCUT2D eigenvalue weighted by Gasteiger charge is -2.29. The van der Waals surface area contributed by atoms with E-state index in [0.29, 0.717) is 19.5 Å². The van der Waals surface area contributed by atoms with Crippen molar-refractivity contribution in [2.45, 2.75) is 26.3 Å². The Morgan fingerprint density at radius 3 is 2.41 bits per heavy atom. The maximum atomic E-state index is 11.8. The number of carbonyl (C=O) groups excluding carboxylic acids is 2. The molecule has 1 saturated heterocycles. The predicted octanol–water partition coefficient (Wildman–Crippen LogP) is -0.175. The molecule has 1 atom stereocenters. The highest BCUT2D eigenvalue weighted by molar-refractivity contribution is 5.85. The monoisotopic (exact) mass is 241 g/mol. The average Bonchev–Trinajstić information content (AvgIpc) is 2.28. The van der Waals surface area contributed by atoms with Crippen LogP contribution in [0.3, 0.4) is 0 Å². The molecule has 0 bridgehead atoms. The van der Waals surface area contributed by atoms with Crippen LogP contribution in [0.1, 0.15) is 20.3 Å². The number of rotatable bonds is 4. The largest absolute Gasteiger partial charge is 0.326 e. The van der Waals surface area contributed by atoms with E-state index in [1.807, 2.05) is 13.8 Å². The Balaban J connectivity index is 2.47. The van der Waals surface area contributed by atoms with E-state index in [0.717, 1.165) is 13.1 Å². The average molecular weight is 241 g/mol. The number of piperazine rings is 1. The normalized spacial score (nSPS) is 17.9. The van der Waals surface area contributed by atoms with Crippen molar-refractivity contribution in [1.82, 2.24) is 21.3 Å². The molecule has 3 amide bonds. The number of hydrogen-bond donors (Lipinski definition) is 2. The van der Waals surface area contributed by atoms with Gasteiger partial charge in [-0.3, -0.25) is 10.5 Å². The van der Waals surface area contributed by atoms with Gasteiger partial charge in [0.2, 0.25) is 0 Å². The molecule has 0 spiro atoms. The maximum absolute atomic E-state index is 11.8. The number of urea groups is 1. The fourth-order valence-corrected chi connectivity index (χ4v) is 1.81. The molecule has 3 N–H and O–H groups in total. The van der Waals surface area contributed by atoms with Gasteiger partial charge in [0.15, 0.2) is 0 Å². The molecule has 1 aliphatic heterocycles. The van der Waals surface area contributed by atoms with Gasteiger partial charge >= 0.3 is 6.03 Å². The third kappa shape index (κ3) is 4.60. The standard InChI is InChI=1S/C11H21N4O2/c1-8(2)7-9(10(12)16)14-11(17)15-5-3-13-4-6-15/h8-9,12-13H,3-7H2,1-2H3,(H,14,17)/t9-/m0/s1. The van der Waals surface area contributed by atoms with Crippen LogP contribution in [0.15, 0.2) is 0 Å². The Bertz CT molecular complexity index is 275. The van der Waals surface area contributed by atoms with Crippen LogP contribution in [0.2, 0.25) is 0 Å². The molecule has 97 valence electrons. The minimum absolute atomic E-state index is 0.238. The van der Waals surface area contributed by atoms with E-state index >= 15 is 0 Å². The summed E-state index contributed by atoms with van der Waals surface area (Å²) in [7, 11) is 0. The molecular formula is C11H21N4O2. The lowest BCUT2D eigenvalue weighted by atomic mass is 10.0. The highest BCUT2D eigenvalue weighted by Crippen LogP contribution is 2.05. The van der Waals surface area contributed by atoms with Gasteiger partial charge in [-0.15, -0.1) is 0 Å². The number of nitrogens with zero attached hydrogens (tertiary/aromatic N) is 1. The number of carbonyl (C=O) groups is 2. The quantitative estimate of drug-likeness (QED) is 0.716. The van der Waals surface area contributed by atoms with Crippen LogP contribution in [0.5, 0.6) is 0 Å². The van der Waals surface area contributed by atoms with Crippen molar-refractivity contribution in [2.24, 2.45) is 5.92 Å². The molecule has 0 unspecified atom stereocenters. The summed E-state index contributed by atoms with van der Waals surface area (Å²) in [5.74, 6) is -0.445. The van der Waals surface area contributed by atoms with Gasteiger partial charge in [0.05, 0.1) is 0 Å². The van der Waals surface area contributed by atoms with Crippen molar-refractivity contribution in [1.29, 1.82) is 0 Å². The molecule has 0 saturated carbocycles. The second kappa shape index (κ2) is 6.44. The molecule has 6 heteroatoms. The van der Waals surface area contributed by atoms with Crippen molar-refractivity contribution in [2.75, 3.05) is 26.2 Å². The molecule has 0 aromatic heterocycles. The number of hydrogen-bond acceptors (Lipinski definition) is 3. The molecule has 1 fully saturated rings. The van der Waals surface area contributed by atoms with Crippen LogP contribution < -0.4 is 16.4 Å². The minimum Gasteiger partial charge on any atom is -0.326 e. The summed E-state index contributed by atoms with van der Waals surface area (Å²) in [6.45, 7) is 6.77. The smallest absolute Gasteiger partial charge is 0.318 e. The maximum Gasteiger partial charge on any atom is 0.318 e. The lowest BCUT2D eigenvalue weighted by Crippen LogP contribution is -2.54. The summed E-state index contributed by atoms with van der Waals surface area (Å²) in [4.78, 5) is 24.6. The second-order valence-electron chi connectivity index (χ2n) is 4.73. The highest BCUT2D eigenvalue weighted by atomic mass is 16.2. The fourth-order valence-electron chi connectivity index (χ4n) is 1.81. The summed E-state index contributed by atoms with van der Waals surface area (Å²) in [6.07, 6.45) is 0.514. The Labute approximate surface area is 102 Å². The Morgan fingerprint density at radius 1 is 1.35 bits per heavy atom. The van der Waals surface area contributed by atoms with Gasteiger partial charge in [0.25, 0.3) is 5.91 Å². The van der Waals surface area contributed by atoms with Crippen molar-refractivity contribution >= 4 is 11.9 Å². The van der Waals surface area contributed by atoms with Gasteiger partial charge in [-0.05, 0) is 12.3 Å². The summed E-state index contributed by atoms with van der Waals surface area (Å²) in [5.41, 5.74) is 7.15. The fraction of sp³-hybridized carbons (Fsp3) is 0.818. The molecular weight excluding hydrogens is 220 g/mol.